The highest BCUT2D eigenvalue weighted by molar-refractivity contribution is 9.10. The van der Waals surface area contributed by atoms with Crippen LogP contribution in [-0.2, 0) is 6.42 Å². The number of benzene rings is 2. The maximum atomic E-state index is 12.3. The van der Waals surface area contributed by atoms with Crippen molar-refractivity contribution in [1.82, 2.24) is 0 Å². The molecule has 0 radical (unpaired) electrons. The van der Waals surface area contributed by atoms with Crippen molar-refractivity contribution in [3.05, 3.63) is 57.6 Å². The molecule has 2 N–H and O–H groups in total. The molecule has 1 aliphatic heterocycles. The number of nitrogens with one attached hydrogen (secondary N) is 2. The second-order valence-electron chi connectivity index (χ2n) is 4.96. The third-order valence-electron chi connectivity index (χ3n) is 3.53. The molecule has 0 saturated heterocycles. The Bertz CT molecular complexity index is 682. The molecule has 0 fully saturated rings. The van der Waals surface area contributed by atoms with Crippen LogP contribution < -0.4 is 10.6 Å². The van der Waals surface area contributed by atoms with Gasteiger partial charge in [-0.2, -0.15) is 0 Å². The number of carbonyl (C=O) groups excluding carboxylic acids is 1. The van der Waals surface area contributed by atoms with Gasteiger partial charge >= 0.3 is 0 Å². The number of aryl methyl sites for hydroxylation is 1. The molecule has 0 unspecified atom stereocenters. The second kappa shape index (κ2) is 5.29. The Balaban J connectivity index is 1.84. The average molecular weight is 331 g/mol. The fourth-order valence-electron chi connectivity index (χ4n) is 2.37. The Morgan fingerprint density at radius 3 is 2.95 bits per heavy atom. The van der Waals surface area contributed by atoms with Crippen molar-refractivity contribution >= 4 is 33.2 Å². The van der Waals surface area contributed by atoms with Gasteiger partial charge in [-0.05, 0) is 54.8 Å². The molecule has 1 aliphatic rings. The fraction of sp³-hybridized carbons (Fsp3) is 0.188. The summed E-state index contributed by atoms with van der Waals surface area (Å²) in [6.45, 7) is 2.93. The van der Waals surface area contributed by atoms with Gasteiger partial charge in [-0.25, -0.2) is 0 Å². The van der Waals surface area contributed by atoms with Crippen molar-refractivity contribution in [1.29, 1.82) is 0 Å². The van der Waals surface area contributed by atoms with Gasteiger partial charge in [0.25, 0.3) is 5.91 Å². The molecule has 0 atom stereocenters. The standard InChI is InChI=1S/C16H15BrN2O/c1-10-2-4-13(17)9-15(10)19-16(20)12-3-5-14-11(8-12)6-7-18-14/h2-5,8-9,18H,6-7H2,1H3,(H,19,20). The first-order chi connectivity index (χ1) is 9.63. The van der Waals surface area contributed by atoms with E-state index in [0.717, 1.165) is 34.4 Å². The Labute approximate surface area is 126 Å². The Hall–Kier alpha value is -1.81. The zero-order valence-corrected chi connectivity index (χ0v) is 12.8. The quantitative estimate of drug-likeness (QED) is 0.874. The number of hydrogen-bond donors (Lipinski definition) is 2. The normalized spacial score (nSPS) is 12.7. The molecule has 2 aromatic carbocycles. The minimum absolute atomic E-state index is 0.0686. The second-order valence-corrected chi connectivity index (χ2v) is 5.88. The molecule has 20 heavy (non-hydrogen) atoms. The van der Waals surface area contributed by atoms with E-state index in [2.05, 4.69) is 26.6 Å². The lowest BCUT2D eigenvalue weighted by Crippen LogP contribution is -2.13. The molecule has 4 heteroatoms. The van der Waals surface area contributed by atoms with Crippen molar-refractivity contribution in [3.63, 3.8) is 0 Å². The van der Waals surface area contributed by atoms with Gasteiger partial charge in [-0.15, -0.1) is 0 Å². The average Bonchev–Trinajstić information content (AvgIpc) is 2.90. The van der Waals surface area contributed by atoms with Crippen LogP contribution in [0.1, 0.15) is 21.5 Å². The maximum absolute atomic E-state index is 12.3. The number of anilines is 2. The summed E-state index contributed by atoms with van der Waals surface area (Å²) in [6, 6.07) is 11.7. The van der Waals surface area contributed by atoms with Crippen LogP contribution in [0.5, 0.6) is 0 Å². The lowest BCUT2D eigenvalue weighted by atomic mass is 10.1. The first-order valence-electron chi connectivity index (χ1n) is 6.58. The van der Waals surface area contributed by atoms with Crippen molar-refractivity contribution < 1.29 is 4.79 Å². The molecular formula is C16H15BrN2O. The van der Waals surface area contributed by atoms with E-state index >= 15 is 0 Å². The summed E-state index contributed by atoms with van der Waals surface area (Å²) in [5, 5.41) is 6.26. The fourth-order valence-corrected chi connectivity index (χ4v) is 2.73. The SMILES string of the molecule is Cc1ccc(Br)cc1NC(=O)c1ccc2c(c1)CCN2. The van der Waals surface area contributed by atoms with E-state index < -0.39 is 0 Å². The van der Waals surface area contributed by atoms with Crippen molar-refractivity contribution in [2.75, 3.05) is 17.2 Å². The largest absolute Gasteiger partial charge is 0.384 e. The van der Waals surface area contributed by atoms with Gasteiger partial charge in [0.2, 0.25) is 0 Å². The van der Waals surface area contributed by atoms with E-state index in [1.165, 1.54) is 5.56 Å². The third kappa shape index (κ3) is 2.56. The lowest BCUT2D eigenvalue weighted by molar-refractivity contribution is 0.102. The third-order valence-corrected chi connectivity index (χ3v) is 4.02. The highest BCUT2D eigenvalue weighted by Gasteiger charge is 2.14. The van der Waals surface area contributed by atoms with Crippen molar-refractivity contribution in [2.45, 2.75) is 13.3 Å². The Morgan fingerprint density at radius 1 is 1.25 bits per heavy atom. The van der Waals surface area contributed by atoms with E-state index in [1.54, 1.807) is 0 Å². The number of hydrogen-bond acceptors (Lipinski definition) is 2. The van der Waals surface area contributed by atoms with E-state index in [0.29, 0.717) is 5.56 Å². The smallest absolute Gasteiger partial charge is 0.255 e. The molecule has 0 aliphatic carbocycles. The number of carbonyl (C=O) groups is 1. The molecule has 0 aromatic heterocycles. The highest BCUT2D eigenvalue weighted by Crippen LogP contribution is 2.25. The molecule has 0 bridgehead atoms. The predicted molar refractivity (Wildman–Crippen MR) is 85.5 cm³/mol. The highest BCUT2D eigenvalue weighted by atomic mass is 79.9. The number of rotatable bonds is 2. The maximum Gasteiger partial charge on any atom is 0.255 e. The molecule has 3 nitrogen and oxygen atoms in total. The van der Waals surface area contributed by atoms with Gasteiger partial charge < -0.3 is 10.6 Å². The summed E-state index contributed by atoms with van der Waals surface area (Å²) < 4.78 is 0.955. The van der Waals surface area contributed by atoms with Crippen molar-refractivity contribution in [2.24, 2.45) is 0 Å². The number of fused-ring (bicyclic) bond motifs is 1. The van der Waals surface area contributed by atoms with Crippen LogP contribution in [0.25, 0.3) is 0 Å². The van der Waals surface area contributed by atoms with Gasteiger partial charge in [0, 0.05) is 28.0 Å². The topological polar surface area (TPSA) is 41.1 Å². The molecule has 0 spiro atoms. The van der Waals surface area contributed by atoms with Gasteiger partial charge in [-0.1, -0.05) is 22.0 Å². The van der Waals surface area contributed by atoms with Crippen LogP contribution in [0.3, 0.4) is 0 Å². The van der Waals surface area contributed by atoms with E-state index in [4.69, 9.17) is 0 Å². The van der Waals surface area contributed by atoms with E-state index in [-0.39, 0.29) is 5.91 Å². The zero-order valence-electron chi connectivity index (χ0n) is 11.2. The predicted octanol–water partition coefficient (Wildman–Crippen LogP) is 3.98. The number of amides is 1. The van der Waals surface area contributed by atoms with Crippen LogP contribution in [0.2, 0.25) is 0 Å². The Kier molecular flexibility index (Phi) is 3.49. The molecule has 102 valence electrons. The van der Waals surface area contributed by atoms with Crippen LogP contribution in [-0.4, -0.2) is 12.5 Å². The molecular weight excluding hydrogens is 316 g/mol. The molecule has 2 aromatic rings. The van der Waals surface area contributed by atoms with Gasteiger partial charge in [0.15, 0.2) is 0 Å². The van der Waals surface area contributed by atoms with E-state index in [1.807, 2.05) is 43.3 Å². The van der Waals surface area contributed by atoms with Crippen LogP contribution in [0.4, 0.5) is 11.4 Å². The van der Waals surface area contributed by atoms with Crippen molar-refractivity contribution in [3.8, 4) is 0 Å². The molecule has 3 rings (SSSR count). The summed E-state index contributed by atoms with van der Waals surface area (Å²) in [5.41, 5.74) is 4.93. The van der Waals surface area contributed by atoms with Crippen LogP contribution in [0.15, 0.2) is 40.9 Å². The summed E-state index contributed by atoms with van der Waals surface area (Å²) in [5.74, 6) is -0.0686. The van der Waals surface area contributed by atoms with Crippen LogP contribution >= 0.6 is 15.9 Å². The first kappa shape index (κ1) is 13.2. The monoisotopic (exact) mass is 330 g/mol. The zero-order chi connectivity index (χ0) is 14.1. The lowest BCUT2D eigenvalue weighted by Gasteiger charge is -2.10. The summed E-state index contributed by atoms with van der Waals surface area (Å²) >= 11 is 3.42. The Morgan fingerprint density at radius 2 is 2.10 bits per heavy atom. The van der Waals surface area contributed by atoms with Gasteiger partial charge in [0.1, 0.15) is 0 Å². The van der Waals surface area contributed by atoms with Gasteiger partial charge in [-0.3, -0.25) is 4.79 Å². The van der Waals surface area contributed by atoms with E-state index in [9.17, 15) is 4.79 Å². The minimum Gasteiger partial charge on any atom is -0.384 e. The molecule has 1 heterocycles. The number of halogens is 1. The molecule has 1 amide bonds. The first-order valence-corrected chi connectivity index (χ1v) is 7.37. The summed E-state index contributed by atoms with van der Waals surface area (Å²) in [4.78, 5) is 12.3. The summed E-state index contributed by atoms with van der Waals surface area (Å²) in [7, 11) is 0. The van der Waals surface area contributed by atoms with Gasteiger partial charge in [0.05, 0.1) is 0 Å². The minimum atomic E-state index is -0.0686. The molecule has 0 saturated carbocycles. The van der Waals surface area contributed by atoms with Crippen LogP contribution in [0, 0.1) is 6.92 Å². The summed E-state index contributed by atoms with van der Waals surface area (Å²) in [6.07, 6.45) is 0.979.